The molecule has 0 fully saturated rings. The molecule has 0 atom stereocenters. The number of nitrogen functional groups attached to an aromatic ring is 1. The summed E-state index contributed by atoms with van der Waals surface area (Å²) in [6.45, 7) is 2.16. The van der Waals surface area contributed by atoms with Crippen LogP contribution in [0.5, 0.6) is 0 Å². The van der Waals surface area contributed by atoms with E-state index in [9.17, 15) is 9.18 Å². The fourth-order valence-corrected chi connectivity index (χ4v) is 2.12. The van der Waals surface area contributed by atoms with Gasteiger partial charge in [-0.25, -0.2) is 4.39 Å². The highest BCUT2D eigenvalue weighted by Crippen LogP contribution is 2.16. The molecule has 0 saturated heterocycles. The van der Waals surface area contributed by atoms with Crippen molar-refractivity contribution in [1.82, 2.24) is 5.32 Å². The number of hydrogen-bond acceptors (Lipinski definition) is 3. The van der Waals surface area contributed by atoms with Crippen molar-refractivity contribution in [2.24, 2.45) is 0 Å². The van der Waals surface area contributed by atoms with Gasteiger partial charge in [-0.05, 0) is 49.5 Å². The molecular weight excluding hydrogens is 251 g/mol. The van der Waals surface area contributed by atoms with Crippen LogP contribution in [0.25, 0.3) is 0 Å². The topological polar surface area (TPSA) is 55.1 Å². The molecule has 100 valence electrons. The average molecular weight is 270 g/mol. The quantitative estimate of drug-likeness (QED) is 0.617. The van der Waals surface area contributed by atoms with Gasteiger partial charge in [0.2, 0.25) is 0 Å². The number of hydrogen-bond donors (Lipinski definition) is 2. The number of nitrogens with one attached hydrogen (secondary N) is 1. The van der Waals surface area contributed by atoms with Crippen LogP contribution < -0.4 is 11.1 Å². The second kappa shape index (κ2) is 7.26. The first-order valence-corrected chi connectivity index (χ1v) is 7.28. The van der Waals surface area contributed by atoms with Crippen molar-refractivity contribution in [3.8, 4) is 0 Å². The molecule has 0 aliphatic rings. The molecule has 0 aromatic heterocycles. The van der Waals surface area contributed by atoms with Crippen LogP contribution in [-0.2, 0) is 0 Å². The summed E-state index contributed by atoms with van der Waals surface area (Å²) in [6, 6.07) is 2.89. The first-order chi connectivity index (χ1) is 8.56. The van der Waals surface area contributed by atoms with Crippen molar-refractivity contribution in [1.29, 1.82) is 0 Å². The van der Waals surface area contributed by atoms with E-state index in [0.29, 0.717) is 17.8 Å². The molecule has 0 spiro atoms. The van der Waals surface area contributed by atoms with Crippen LogP contribution in [-0.4, -0.2) is 24.5 Å². The van der Waals surface area contributed by atoms with Gasteiger partial charge < -0.3 is 11.1 Å². The Morgan fingerprint density at radius 1 is 1.44 bits per heavy atom. The monoisotopic (exact) mass is 270 g/mol. The summed E-state index contributed by atoms with van der Waals surface area (Å²) in [4.78, 5) is 11.8. The first kappa shape index (κ1) is 14.8. The number of amides is 1. The van der Waals surface area contributed by atoms with E-state index >= 15 is 0 Å². The van der Waals surface area contributed by atoms with E-state index < -0.39 is 11.7 Å². The van der Waals surface area contributed by atoms with Gasteiger partial charge in [-0.2, -0.15) is 11.8 Å². The number of halogens is 1. The van der Waals surface area contributed by atoms with Crippen molar-refractivity contribution >= 4 is 23.4 Å². The standard InChI is InChI=1S/C13H19FN2OS/c1-9-7-10(15)8-11(12(9)14)13(17)16-5-3-4-6-18-2/h7-8H,3-6,15H2,1-2H3,(H,16,17). The minimum atomic E-state index is -0.495. The van der Waals surface area contributed by atoms with Gasteiger partial charge in [-0.3, -0.25) is 4.79 Å². The van der Waals surface area contributed by atoms with E-state index in [-0.39, 0.29) is 5.56 Å². The Kier molecular flexibility index (Phi) is 5.98. The van der Waals surface area contributed by atoms with Crippen LogP contribution in [0.1, 0.15) is 28.8 Å². The van der Waals surface area contributed by atoms with Crippen LogP contribution in [0.2, 0.25) is 0 Å². The fourth-order valence-electron chi connectivity index (χ4n) is 1.63. The van der Waals surface area contributed by atoms with Crippen molar-refractivity contribution in [3.63, 3.8) is 0 Å². The lowest BCUT2D eigenvalue weighted by molar-refractivity contribution is 0.0949. The highest BCUT2D eigenvalue weighted by Gasteiger charge is 2.13. The molecule has 0 unspecified atom stereocenters. The van der Waals surface area contributed by atoms with E-state index in [4.69, 9.17) is 5.73 Å². The zero-order valence-electron chi connectivity index (χ0n) is 10.8. The third kappa shape index (κ3) is 4.22. The van der Waals surface area contributed by atoms with Crippen molar-refractivity contribution in [2.75, 3.05) is 24.3 Å². The number of nitrogens with two attached hydrogens (primary N) is 1. The summed E-state index contributed by atoms with van der Waals surface area (Å²) in [5.41, 5.74) is 6.43. The largest absolute Gasteiger partial charge is 0.399 e. The maximum Gasteiger partial charge on any atom is 0.254 e. The van der Waals surface area contributed by atoms with Crippen LogP contribution >= 0.6 is 11.8 Å². The van der Waals surface area contributed by atoms with E-state index in [1.54, 1.807) is 18.7 Å². The van der Waals surface area contributed by atoms with Crippen molar-refractivity contribution in [2.45, 2.75) is 19.8 Å². The van der Waals surface area contributed by atoms with Crippen LogP contribution in [0.15, 0.2) is 12.1 Å². The third-order valence-corrected chi connectivity index (χ3v) is 3.28. The molecule has 0 aliphatic heterocycles. The first-order valence-electron chi connectivity index (χ1n) is 5.89. The molecular formula is C13H19FN2OS. The van der Waals surface area contributed by atoms with Crippen molar-refractivity contribution in [3.05, 3.63) is 29.1 Å². The second-order valence-corrected chi connectivity index (χ2v) is 5.14. The molecule has 3 N–H and O–H groups in total. The minimum absolute atomic E-state index is 0.0253. The maximum atomic E-state index is 13.7. The molecule has 0 radical (unpaired) electrons. The van der Waals surface area contributed by atoms with E-state index in [1.165, 1.54) is 12.1 Å². The third-order valence-electron chi connectivity index (χ3n) is 2.58. The zero-order valence-corrected chi connectivity index (χ0v) is 11.6. The smallest absolute Gasteiger partial charge is 0.254 e. The van der Waals surface area contributed by atoms with E-state index in [1.807, 2.05) is 6.26 Å². The summed E-state index contributed by atoms with van der Waals surface area (Å²) in [6.07, 6.45) is 3.98. The number of rotatable bonds is 6. The Hall–Kier alpha value is -1.23. The van der Waals surface area contributed by atoms with Gasteiger partial charge in [0.25, 0.3) is 5.91 Å². The Bertz CT molecular complexity index is 424. The van der Waals surface area contributed by atoms with Gasteiger partial charge in [-0.1, -0.05) is 0 Å². The SMILES string of the molecule is CSCCCCNC(=O)c1cc(N)cc(C)c1F. The molecule has 18 heavy (non-hydrogen) atoms. The van der Waals surface area contributed by atoms with Gasteiger partial charge in [0, 0.05) is 12.2 Å². The number of carbonyl (C=O) groups is 1. The Balaban J connectivity index is 2.56. The van der Waals surface area contributed by atoms with Gasteiger partial charge in [0.15, 0.2) is 0 Å². The summed E-state index contributed by atoms with van der Waals surface area (Å²) in [5.74, 6) is 0.180. The molecule has 1 aromatic rings. The minimum Gasteiger partial charge on any atom is -0.399 e. The van der Waals surface area contributed by atoms with Gasteiger partial charge in [0.1, 0.15) is 5.82 Å². The second-order valence-electron chi connectivity index (χ2n) is 4.16. The summed E-state index contributed by atoms with van der Waals surface area (Å²) >= 11 is 1.77. The lowest BCUT2D eigenvalue weighted by atomic mass is 10.1. The molecule has 5 heteroatoms. The lowest BCUT2D eigenvalue weighted by Crippen LogP contribution is -2.26. The number of carbonyl (C=O) groups excluding carboxylic acids is 1. The molecule has 0 saturated carbocycles. The Labute approximate surface area is 111 Å². The van der Waals surface area contributed by atoms with Crippen LogP contribution in [0.3, 0.4) is 0 Å². The maximum absolute atomic E-state index is 13.7. The highest BCUT2D eigenvalue weighted by molar-refractivity contribution is 7.98. The number of anilines is 1. The van der Waals surface area contributed by atoms with Gasteiger partial charge in [-0.15, -0.1) is 0 Å². The fraction of sp³-hybridized carbons (Fsp3) is 0.462. The number of benzene rings is 1. The molecule has 1 amide bonds. The number of unbranched alkanes of at least 4 members (excludes halogenated alkanes) is 1. The van der Waals surface area contributed by atoms with Gasteiger partial charge >= 0.3 is 0 Å². The summed E-state index contributed by atoms with van der Waals surface area (Å²) in [5, 5.41) is 2.71. The van der Waals surface area contributed by atoms with Crippen molar-refractivity contribution < 1.29 is 9.18 Å². The Morgan fingerprint density at radius 2 is 2.17 bits per heavy atom. The molecule has 0 bridgehead atoms. The molecule has 0 aliphatic carbocycles. The number of aryl methyl sites for hydroxylation is 1. The van der Waals surface area contributed by atoms with Crippen LogP contribution in [0, 0.1) is 12.7 Å². The predicted molar refractivity (Wildman–Crippen MR) is 75.5 cm³/mol. The predicted octanol–water partition coefficient (Wildman–Crippen LogP) is 2.59. The normalized spacial score (nSPS) is 10.4. The van der Waals surface area contributed by atoms with E-state index in [2.05, 4.69) is 5.32 Å². The zero-order chi connectivity index (χ0) is 13.5. The van der Waals surface area contributed by atoms with Crippen LogP contribution in [0.4, 0.5) is 10.1 Å². The molecule has 1 aromatic carbocycles. The summed E-state index contributed by atoms with van der Waals surface area (Å²) in [7, 11) is 0. The van der Waals surface area contributed by atoms with Gasteiger partial charge in [0.05, 0.1) is 5.56 Å². The molecule has 0 heterocycles. The lowest BCUT2D eigenvalue weighted by Gasteiger charge is -2.08. The highest BCUT2D eigenvalue weighted by atomic mass is 32.2. The van der Waals surface area contributed by atoms with E-state index in [0.717, 1.165) is 18.6 Å². The molecule has 3 nitrogen and oxygen atoms in total. The Morgan fingerprint density at radius 3 is 2.83 bits per heavy atom. The molecule has 1 rings (SSSR count). The number of thioether (sulfide) groups is 1. The average Bonchev–Trinajstić information content (AvgIpc) is 2.33. The summed E-state index contributed by atoms with van der Waals surface area (Å²) < 4.78 is 13.7.